The van der Waals surface area contributed by atoms with E-state index in [1.54, 1.807) is 18.2 Å². The number of nitro groups is 1. The van der Waals surface area contributed by atoms with Crippen LogP contribution in [-0.4, -0.2) is 28.9 Å². The number of piperidine rings is 1. The summed E-state index contributed by atoms with van der Waals surface area (Å²) in [6.45, 7) is 0.525. The van der Waals surface area contributed by atoms with Gasteiger partial charge < -0.3 is 4.90 Å². The van der Waals surface area contributed by atoms with Gasteiger partial charge in [0.15, 0.2) is 0 Å². The van der Waals surface area contributed by atoms with Gasteiger partial charge in [-0.05, 0) is 18.2 Å². The first-order valence-electron chi connectivity index (χ1n) is 6.63. The van der Waals surface area contributed by atoms with Crippen LogP contribution in [0.3, 0.4) is 0 Å². The van der Waals surface area contributed by atoms with E-state index in [-0.39, 0.29) is 31.6 Å². The molecule has 7 heteroatoms. The Balaban J connectivity index is 1.88. The average Bonchev–Trinajstić information content (AvgIpc) is 2.46. The Morgan fingerprint density at radius 2 is 1.90 bits per heavy atom. The van der Waals surface area contributed by atoms with Crippen LogP contribution in [0.4, 0.5) is 20.3 Å². The Kier molecular flexibility index (Phi) is 3.19. The molecule has 0 bridgehead atoms. The van der Waals surface area contributed by atoms with Gasteiger partial charge in [0.1, 0.15) is 5.82 Å². The fraction of sp³-hybridized carbons (Fsp3) is 0.357. The van der Waals surface area contributed by atoms with Crippen molar-refractivity contribution in [3.05, 3.63) is 40.4 Å². The van der Waals surface area contributed by atoms with Gasteiger partial charge in [0.2, 0.25) is 0 Å². The van der Waals surface area contributed by atoms with E-state index in [0.717, 1.165) is 0 Å². The average molecular weight is 293 g/mol. The number of pyridine rings is 1. The molecule has 0 amide bonds. The number of halogens is 2. The van der Waals surface area contributed by atoms with Crippen molar-refractivity contribution in [2.45, 2.75) is 18.8 Å². The van der Waals surface area contributed by atoms with E-state index >= 15 is 0 Å². The van der Waals surface area contributed by atoms with Gasteiger partial charge in [-0.3, -0.25) is 10.1 Å². The molecule has 110 valence electrons. The van der Waals surface area contributed by atoms with Crippen molar-refractivity contribution in [2.75, 3.05) is 18.0 Å². The lowest BCUT2D eigenvalue weighted by atomic mass is 10.1. The van der Waals surface area contributed by atoms with Gasteiger partial charge in [-0.25, -0.2) is 13.8 Å². The normalized spacial score (nSPS) is 17.9. The van der Waals surface area contributed by atoms with E-state index in [1.807, 2.05) is 4.90 Å². The number of hydrogen-bond acceptors (Lipinski definition) is 4. The van der Waals surface area contributed by atoms with Gasteiger partial charge in [0.25, 0.3) is 11.6 Å². The molecule has 1 aromatic heterocycles. The Hall–Kier alpha value is -2.31. The van der Waals surface area contributed by atoms with Gasteiger partial charge in [-0.2, -0.15) is 0 Å². The second-order valence-corrected chi connectivity index (χ2v) is 5.15. The molecule has 0 spiro atoms. The minimum atomic E-state index is -2.59. The Labute approximate surface area is 119 Å². The van der Waals surface area contributed by atoms with Gasteiger partial charge >= 0.3 is 0 Å². The molecule has 0 atom stereocenters. The molecule has 5 nitrogen and oxygen atoms in total. The predicted octanol–water partition coefficient (Wildman–Crippen LogP) is 3.38. The van der Waals surface area contributed by atoms with Gasteiger partial charge in [0, 0.05) is 43.5 Å². The predicted molar refractivity (Wildman–Crippen MR) is 74.8 cm³/mol. The summed E-state index contributed by atoms with van der Waals surface area (Å²) in [6, 6.07) is 7.88. The molecule has 1 fully saturated rings. The third kappa shape index (κ3) is 2.76. The molecule has 1 aliphatic rings. The van der Waals surface area contributed by atoms with Crippen molar-refractivity contribution < 1.29 is 13.7 Å². The lowest BCUT2D eigenvalue weighted by molar-refractivity contribution is -0.384. The number of alkyl halides is 2. The summed E-state index contributed by atoms with van der Waals surface area (Å²) >= 11 is 0. The molecule has 0 N–H and O–H groups in total. The number of benzene rings is 1. The highest BCUT2D eigenvalue weighted by Gasteiger charge is 2.34. The molecule has 2 heterocycles. The number of nitrogens with zero attached hydrogens (tertiary/aromatic N) is 3. The smallest absolute Gasteiger partial charge is 0.270 e. The monoisotopic (exact) mass is 293 g/mol. The number of rotatable bonds is 2. The van der Waals surface area contributed by atoms with Crippen LogP contribution in [0.25, 0.3) is 10.9 Å². The fourth-order valence-corrected chi connectivity index (χ4v) is 2.45. The lowest BCUT2D eigenvalue weighted by Crippen LogP contribution is -2.39. The number of nitro benzene ring substituents is 1. The molecule has 21 heavy (non-hydrogen) atoms. The maximum atomic E-state index is 13.2. The summed E-state index contributed by atoms with van der Waals surface area (Å²) in [5.74, 6) is -1.96. The topological polar surface area (TPSA) is 59.3 Å². The van der Waals surface area contributed by atoms with Crippen LogP contribution in [0.5, 0.6) is 0 Å². The molecule has 3 rings (SSSR count). The molecular weight excluding hydrogens is 280 g/mol. The van der Waals surface area contributed by atoms with Gasteiger partial charge in [-0.1, -0.05) is 0 Å². The highest BCUT2D eigenvalue weighted by Crippen LogP contribution is 2.30. The van der Waals surface area contributed by atoms with E-state index in [2.05, 4.69) is 4.98 Å². The van der Waals surface area contributed by atoms with Crippen molar-refractivity contribution in [2.24, 2.45) is 0 Å². The second-order valence-electron chi connectivity index (χ2n) is 5.15. The van der Waals surface area contributed by atoms with Crippen LogP contribution < -0.4 is 4.90 Å². The highest BCUT2D eigenvalue weighted by atomic mass is 19.3. The van der Waals surface area contributed by atoms with E-state index in [9.17, 15) is 18.9 Å². The number of hydrogen-bond donors (Lipinski definition) is 0. The summed E-state index contributed by atoms with van der Waals surface area (Å²) in [5.41, 5.74) is 0.630. The molecule has 0 saturated carbocycles. The van der Waals surface area contributed by atoms with Crippen molar-refractivity contribution in [1.29, 1.82) is 0 Å². The summed E-state index contributed by atoms with van der Waals surface area (Å²) in [7, 11) is 0. The van der Waals surface area contributed by atoms with E-state index in [1.165, 1.54) is 12.1 Å². The zero-order valence-electron chi connectivity index (χ0n) is 11.1. The standard InChI is InChI=1S/C14H13F2N3O2/c15-14(16)5-7-18(8-6-14)13-4-1-10-9-11(19(20)21)2-3-12(10)17-13/h1-4,9H,5-8H2. The minimum absolute atomic E-state index is 0.00895. The Bertz CT molecular complexity index is 696. The molecular formula is C14H13F2N3O2. The quantitative estimate of drug-likeness (QED) is 0.629. The van der Waals surface area contributed by atoms with Crippen LogP contribution in [-0.2, 0) is 0 Å². The van der Waals surface area contributed by atoms with Crippen molar-refractivity contribution in [3.8, 4) is 0 Å². The number of anilines is 1. The Morgan fingerprint density at radius 1 is 1.19 bits per heavy atom. The third-order valence-corrected chi connectivity index (χ3v) is 3.69. The maximum absolute atomic E-state index is 13.2. The van der Waals surface area contributed by atoms with Gasteiger partial charge in [0.05, 0.1) is 10.4 Å². The van der Waals surface area contributed by atoms with Crippen LogP contribution in [0.2, 0.25) is 0 Å². The number of aromatic nitrogens is 1. The second kappa shape index (κ2) is 4.91. The van der Waals surface area contributed by atoms with E-state index in [0.29, 0.717) is 16.7 Å². The minimum Gasteiger partial charge on any atom is -0.356 e. The van der Waals surface area contributed by atoms with Crippen LogP contribution in [0, 0.1) is 10.1 Å². The Morgan fingerprint density at radius 3 is 2.57 bits per heavy atom. The molecule has 1 aromatic carbocycles. The summed E-state index contributed by atoms with van der Waals surface area (Å²) in [5, 5.41) is 11.4. The van der Waals surface area contributed by atoms with Crippen molar-refractivity contribution in [1.82, 2.24) is 4.98 Å². The van der Waals surface area contributed by atoms with Crippen molar-refractivity contribution >= 4 is 22.4 Å². The fourth-order valence-electron chi connectivity index (χ4n) is 2.45. The maximum Gasteiger partial charge on any atom is 0.270 e. The third-order valence-electron chi connectivity index (χ3n) is 3.69. The molecule has 2 aromatic rings. The summed E-state index contributed by atoms with van der Waals surface area (Å²) in [4.78, 5) is 16.5. The molecule has 0 radical (unpaired) electrons. The summed E-state index contributed by atoms with van der Waals surface area (Å²) in [6.07, 6.45) is -0.347. The molecule has 0 unspecified atom stereocenters. The zero-order chi connectivity index (χ0) is 15.0. The van der Waals surface area contributed by atoms with Crippen molar-refractivity contribution in [3.63, 3.8) is 0 Å². The van der Waals surface area contributed by atoms with Crippen LogP contribution in [0.15, 0.2) is 30.3 Å². The van der Waals surface area contributed by atoms with Crippen LogP contribution >= 0.6 is 0 Å². The number of fused-ring (bicyclic) bond motifs is 1. The van der Waals surface area contributed by atoms with Gasteiger partial charge in [-0.15, -0.1) is 0 Å². The van der Waals surface area contributed by atoms with E-state index < -0.39 is 10.8 Å². The molecule has 1 aliphatic heterocycles. The zero-order valence-corrected chi connectivity index (χ0v) is 11.1. The number of non-ortho nitro benzene ring substituents is 1. The molecule has 1 saturated heterocycles. The first-order chi connectivity index (χ1) is 9.94. The SMILES string of the molecule is O=[N+]([O-])c1ccc2nc(N3CCC(F)(F)CC3)ccc2c1. The van der Waals surface area contributed by atoms with E-state index in [4.69, 9.17) is 0 Å². The molecule has 0 aliphatic carbocycles. The van der Waals surface area contributed by atoms with Crippen LogP contribution in [0.1, 0.15) is 12.8 Å². The summed E-state index contributed by atoms with van der Waals surface area (Å²) < 4.78 is 26.3. The first-order valence-corrected chi connectivity index (χ1v) is 6.63. The lowest BCUT2D eigenvalue weighted by Gasteiger charge is -2.32. The first kappa shape index (κ1) is 13.7. The largest absolute Gasteiger partial charge is 0.356 e. The highest BCUT2D eigenvalue weighted by molar-refractivity contribution is 5.82.